The number of carboxylic acids is 1. The number of carbonyl (C=O) groups is 2. The molecule has 1 heterocycles. The minimum Gasteiger partial charge on any atom is -0.480 e. The maximum atomic E-state index is 12.0. The van der Waals surface area contributed by atoms with Gasteiger partial charge in [0.2, 0.25) is 0 Å². The average Bonchev–Trinajstić information content (AvgIpc) is 2.61. The van der Waals surface area contributed by atoms with Gasteiger partial charge >= 0.3 is 5.97 Å². The van der Waals surface area contributed by atoms with E-state index in [0.29, 0.717) is 10.6 Å². The van der Waals surface area contributed by atoms with E-state index in [1.165, 1.54) is 37.1 Å². The van der Waals surface area contributed by atoms with Crippen molar-refractivity contribution in [1.82, 2.24) is 9.88 Å². The van der Waals surface area contributed by atoms with Crippen molar-refractivity contribution < 1.29 is 14.7 Å². The summed E-state index contributed by atoms with van der Waals surface area (Å²) >= 11 is 1.22. The van der Waals surface area contributed by atoms with Crippen LogP contribution in [0.4, 0.5) is 0 Å². The number of carbonyl (C=O) groups excluding carboxylic acids is 1. The topological polar surface area (TPSA) is 70.5 Å². The molecule has 0 atom stereocenters. The summed E-state index contributed by atoms with van der Waals surface area (Å²) in [4.78, 5) is 28.7. The molecule has 1 rings (SSSR count). The van der Waals surface area contributed by atoms with Gasteiger partial charge in [-0.05, 0) is 20.8 Å². The van der Waals surface area contributed by atoms with Crippen molar-refractivity contribution in [3.63, 3.8) is 0 Å². The van der Waals surface area contributed by atoms with Crippen molar-refractivity contribution in [1.29, 1.82) is 0 Å². The predicted octanol–water partition coefficient (Wildman–Crippen LogP) is 1.39. The number of carboxylic acid groups (broad SMARTS) is 1. The van der Waals surface area contributed by atoms with Gasteiger partial charge in [0.1, 0.15) is 10.4 Å². The van der Waals surface area contributed by atoms with Crippen LogP contribution in [-0.2, 0) is 4.79 Å². The molecule has 0 fully saturated rings. The van der Waals surface area contributed by atoms with Crippen molar-refractivity contribution in [2.45, 2.75) is 26.3 Å². The van der Waals surface area contributed by atoms with E-state index in [4.69, 9.17) is 5.11 Å². The minimum atomic E-state index is -1.23. The number of nitrogens with zero attached hydrogens (tertiary/aromatic N) is 2. The van der Waals surface area contributed by atoms with Gasteiger partial charge in [0.25, 0.3) is 5.91 Å². The van der Waals surface area contributed by atoms with E-state index in [-0.39, 0.29) is 5.91 Å². The number of aliphatic carboxylic acids is 1. The monoisotopic (exact) mass is 242 g/mol. The smallest absolute Gasteiger partial charge is 0.329 e. The van der Waals surface area contributed by atoms with Crippen molar-refractivity contribution in [2.24, 2.45) is 0 Å². The van der Waals surface area contributed by atoms with Crippen LogP contribution in [-0.4, -0.2) is 39.5 Å². The normalized spacial score (nSPS) is 11.2. The van der Waals surface area contributed by atoms with E-state index in [2.05, 4.69) is 4.98 Å². The zero-order valence-corrected chi connectivity index (χ0v) is 10.5. The van der Waals surface area contributed by atoms with Gasteiger partial charge in [-0.2, -0.15) is 0 Å². The summed E-state index contributed by atoms with van der Waals surface area (Å²) in [5.74, 6) is -1.35. The van der Waals surface area contributed by atoms with Gasteiger partial charge in [-0.1, -0.05) is 0 Å². The summed E-state index contributed by atoms with van der Waals surface area (Å²) in [5.41, 5.74) is 0.973. The number of aryl methyl sites for hydroxylation is 1. The molecule has 0 aliphatic carbocycles. The lowest BCUT2D eigenvalue weighted by atomic mass is 10.0. The molecule has 0 aliphatic rings. The third-order valence-corrected chi connectivity index (χ3v) is 3.52. The Bertz CT molecular complexity index is 425. The number of hydrogen-bond donors (Lipinski definition) is 1. The lowest BCUT2D eigenvalue weighted by Crippen LogP contribution is -2.50. The van der Waals surface area contributed by atoms with Gasteiger partial charge in [-0.25, -0.2) is 9.78 Å². The van der Waals surface area contributed by atoms with Crippen molar-refractivity contribution >= 4 is 23.2 Å². The molecule has 0 bridgehead atoms. The van der Waals surface area contributed by atoms with E-state index in [9.17, 15) is 9.59 Å². The molecular weight excluding hydrogens is 228 g/mol. The highest BCUT2D eigenvalue weighted by Gasteiger charge is 2.36. The molecule has 0 radical (unpaired) electrons. The average molecular weight is 242 g/mol. The molecular formula is C10H14N2O3S. The Morgan fingerprint density at radius 2 is 2.06 bits per heavy atom. The van der Waals surface area contributed by atoms with Crippen LogP contribution in [0, 0.1) is 6.92 Å². The van der Waals surface area contributed by atoms with Crippen molar-refractivity contribution in [3.8, 4) is 0 Å². The standard InChI is InChI=1S/C10H14N2O3S/c1-6-7(16-5-11-6)8(13)12(4)10(2,3)9(14)15/h5H,1-4H3,(H,14,15). The molecule has 0 spiro atoms. The molecule has 1 aromatic heterocycles. The molecule has 1 amide bonds. The fourth-order valence-corrected chi connectivity index (χ4v) is 1.83. The van der Waals surface area contributed by atoms with Crippen LogP contribution in [0.3, 0.4) is 0 Å². The fraction of sp³-hybridized carbons (Fsp3) is 0.500. The fourth-order valence-electron chi connectivity index (χ4n) is 1.06. The van der Waals surface area contributed by atoms with Gasteiger partial charge in [0.15, 0.2) is 0 Å². The van der Waals surface area contributed by atoms with Gasteiger partial charge < -0.3 is 10.0 Å². The summed E-state index contributed by atoms with van der Waals surface area (Å²) in [6.45, 7) is 4.71. The van der Waals surface area contributed by atoms with E-state index in [0.717, 1.165) is 0 Å². The highest BCUT2D eigenvalue weighted by atomic mass is 32.1. The lowest BCUT2D eigenvalue weighted by molar-refractivity contribution is -0.147. The molecule has 5 nitrogen and oxygen atoms in total. The van der Waals surface area contributed by atoms with Crippen LogP contribution in [0.5, 0.6) is 0 Å². The van der Waals surface area contributed by atoms with Crippen LogP contribution < -0.4 is 0 Å². The highest BCUT2D eigenvalue weighted by molar-refractivity contribution is 7.11. The Labute approximate surface area is 97.7 Å². The van der Waals surface area contributed by atoms with Crippen LogP contribution in [0.25, 0.3) is 0 Å². The van der Waals surface area contributed by atoms with Crippen LogP contribution in [0.1, 0.15) is 29.2 Å². The van der Waals surface area contributed by atoms with Gasteiger partial charge in [-0.15, -0.1) is 11.3 Å². The molecule has 16 heavy (non-hydrogen) atoms. The number of aromatic nitrogens is 1. The Kier molecular flexibility index (Phi) is 3.32. The molecule has 0 saturated carbocycles. The largest absolute Gasteiger partial charge is 0.480 e. The number of hydrogen-bond acceptors (Lipinski definition) is 4. The Balaban J connectivity index is 3.00. The maximum absolute atomic E-state index is 12.0. The molecule has 6 heteroatoms. The van der Waals surface area contributed by atoms with Crippen molar-refractivity contribution in [3.05, 3.63) is 16.1 Å². The predicted molar refractivity (Wildman–Crippen MR) is 60.7 cm³/mol. The summed E-state index contributed by atoms with van der Waals surface area (Å²) < 4.78 is 0. The first kappa shape index (κ1) is 12.6. The SMILES string of the molecule is Cc1ncsc1C(=O)N(C)C(C)(C)C(=O)O. The van der Waals surface area contributed by atoms with E-state index < -0.39 is 11.5 Å². The van der Waals surface area contributed by atoms with E-state index >= 15 is 0 Å². The second kappa shape index (κ2) is 4.21. The number of amides is 1. The minimum absolute atomic E-state index is 0.313. The molecule has 0 saturated heterocycles. The first-order valence-electron chi connectivity index (χ1n) is 4.70. The highest BCUT2D eigenvalue weighted by Crippen LogP contribution is 2.20. The summed E-state index contributed by atoms with van der Waals surface area (Å²) in [5, 5.41) is 9.02. The maximum Gasteiger partial charge on any atom is 0.329 e. The molecule has 0 aliphatic heterocycles. The van der Waals surface area contributed by atoms with E-state index in [1.54, 1.807) is 12.4 Å². The lowest BCUT2D eigenvalue weighted by Gasteiger charge is -2.31. The summed E-state index contributed by atoms with van der Waals surface area (Å²) in [6.07, 6.45) is 0. The van der Waals surface area contributed by atoms with Gasteiger partial charge in [-0.3, -0.25) is 4.79 Å². The first-order valence-corrected chi connectivity index (χ1v) is 5.58. The van der Waals surface area contributed by atoms with E-state index in [1.807, 2.05) is 0 Å². The van der Waals surface area contributed by atoms with Crippen LogP contribution in [0.2, 0.25) is 0 Å². The molecule has 1 N–H and O–H groups in total. The van der Waals surface area contributed by atoms with Crippen molar-refractivity contribution in [2.75, 3.05) is 7.05 Å². The number of rotatable bonds is 3. The Morgan fingerprint density at radius 3 is 2.44 bits per heavy atom. The van der Waals surface area contributed by atoms with Gasteiger partial charge in [0.05, 0.1) is 11.2 Å². The van der Waals surface area contributed by atoms with Crippen LogP contribution >= 0.6 is 11.3 Å². The Morgan fingerprint density at radius 1 is 1.50 bits per heavy atom. The third-order valence-electron chi connectivity index (χ3n) is 2.61. The summed E-state index contributed by atoms with van der Waals surface area (Å²) in [7, 11) is 1.48. The zero-order chi connectivity index (χ0) is 12.5. The zero-order valence-electron chi connectivity index (χ0n) is 9.64. The van der Waals surface area contributed by atoms with Crippen LogP contribution in [0.15, 0.2) is 5.51 Å². The van der Waals surface area contributed by atoms with Gasteiger partial charge in [0, 0.05) is 7.05 Å². The quantitative estimate of drug-likeness (QED) is 0.869. The third kappa shape index (κ3) is 2.06. The molecule has 1 aromatic rings. The molecule has 0 unspecified atom stereocenters. The molecule has 88 valence electrons. The first-order chi connectivity index (χ1) is 7.28. The second-order valence-electron chi connectivity index (χ2n) is 4.00. The second-order valence-corrected chi connectivity index (χ2v) is 4.85. The summed E-state index contributed by atoms with van der Waals surface area (Å²) in [6, 6.07) is 0. The Hall–Kier alpha value is -1.43. The molecule has 0 aromatic carbocycles. The number of likely N-dealkylation sites (N-methyl/N-ethyl adjacent to an activating group) is 1. The number of thiazole rings is 1.